The Bertz CT molecular complexity index is 1210. The average molecular weight is 953 g/mol. The van der Waals surface area contributed by atoms with Crippen LogP contribution in [0.3, 0.4) is 0 Å². The molecule has 0 saturated carbocycles. The number of unbranched alkanes of at least 4 members (excludes halogenated alkanes) is 31. The van der Waals surface area contributed by atoms with E-state index in [9.17, 15) is 19.8 Å². The Hall–Kier alpha value is -2.44. The van der Waals surface area contributed by atoms with Crippen LogP contribution in [0.25, 0.3) is 0 Å². The van der Waals surface area contributed by atoms with Crippen LogP contribution in [0.2, 0.25) is 0 Å². The van der Waals surface area contributed by atoms with Crippen molar-refractivity contribution in [2.75, 3.05) is 6.61 Å². The van der Waals surface area contributed by atoms with E-state index in [0.29, 0.717) is 19.3 Å². The van der Waals surface area contributed by atoms with Gasteiger partial charge in [-0.15, -0.1) is 0 Å². The molecule has 0 aromatic rings. The molecule has 0 aromatic carbocycles. The molecule has 0 aliphatic heterocycles. The Kier molecular flexibility index (Phi) is 53.5. The average Bonchev–Trinajstić information content (AvgIpc) is 3.33. The van der Waals surface area contributed by atoms with Gasteiger partial charge in [-0.25, -0.2) is 0 Å². The highest BCUT2D eigenvalue weighted by atomic mass is 16.5. The number of allylic oxidation sites excluding steroid dienone is 10. The Morgan fingerprint density at radius 1 is 0.426 bits per heavy atom. The summed E-state index contributed by atoms with van der Waals surface area (Å²) in [6.45, 7) is 6.45. The van der Waals surface area contributed by atoms with Gasteiger partial charge >= 0.3 is 5.97 Å². The zero-order valence-electron chi connectivity index (χ0n) is 45.2. The van der Waals surface area contributed by atoms with Crippen molar-refractivity contribution in [3.05, 3.63) is 60.8 Å². The molecule has 6 nitrogen and oxygen atoms in total. The quantitative estimate of drug-likeness (QED) is 0.0321. The van der Waals surface area contributed by atoms with Gasteiger partial charge < -0.3 is 20.3 Å². The molecular formula is C62H113NO5. The number of hydrogen-bond acceptors (Lipinski definition) is 5. The molecule has 68 heavy (non-hydrogen) atoms. The predicted octanol–water partition coefficient (Wildman–Crippen LogP) is 18.4. The minimum absolute atomic E-state index is 0.0625. The van der Waals surface area contributed by atoms with Gasteiger partial charge in [-0.1, -0.05) is 248 Å². The molecular weight excluding hydrogens is 839 g/mol. The molecule has 0 aromatic heterocycles. The molecule has 0 spiro atoms. The molecule has 3 atom stereocenters. The van der Waals surface area contributed by atoms with Crippen LogP contribution in [0.4, 0.5) is 0 Å². The number of ether oxygens (including phenoxy) is 1. The molecule has 0 saturated heterocycles. The van der Waals surface area contributed by atoms with Crippen LogP contribution >= 0.6 is 0 Å². The van der Waals surface area contributed by atoms with Crippen molar-refractivity contribution in [1.29, 1.82) is 0 Å². The maximum Gasteiger partial charge on any atom is 0.306 e. The van der Waals surface area contributed by atoms with Gasteiger partial charge in [-0.2, -0.15) is 0 Å². The lowest BCUT2D eigenvalue weighted by molar-refractivity contribution is -0.151. The van der Waals surface area contributed by atoms with Crippen molar-refractivity contribution in [2.45, 2.75) is 315 Å². The van der Waals surface area contributed by atoms with Gasteiger partial charge in [0.25, 0.3) is 0 Å². The van der Waals surface area contributed by atoms with Crippen LogP contribution in [-0.2, 0) is 14.3 Å². The van der Waals surface area contributed by atoms with Gasteiger partial charge in [0.2, 0.25) is 5.91 Å². The highest BCUT2D eigenvalue weighted by Crippen LogP contribution is 2.18. The third-order valence-electron chi connectivity index (χ3n) is 13.3. The summed E-state index contributed by atoms with van der Waals surface area (Å²) in [5.74, 6) is -0.494. The third-order valence-corrected chi connectivity index (χ3v) is 13.3. The van der Waals surface area contributed by atoms with Gasteiger partial charge in [-0.3, -0.25) is 9.59 Å². The molecule has 3 N–H and O–H groups in total. The summed E-state index contributed by atoms with van der Waals surface area (Å²) in [4.78, 5) is 26.3. The van der Waals surface area contributed by atoms with Crippen molar-refractivity contribution in [2.24, 2.45) is 0 Å². The fourth-order valence-corrected chi connectivity index (χ4v) is 8.82. The third kappa shape index (κ3) is 50.0. The lowest BCUT2D eigenvalue weighted by Gasteiger charge is -2.24. The van der Waals surface area contributed by atoms with E-state index in [-0.39, 0.29) is 24.9 Å². The van der Waals surface area contributed by atoms with Gasteiger partial charge in [0.1, 0.15) is 6.10 Å². The molecule has 0 aliphatic rings. The largest absolute Gasteiger partial charge is 0.462 e. The maximum absolute atomic E-state index is 13.3. The van der Waals surface area contributed by atoms with Crippen molar-refractivity contribution >= 4 is 11.9 Å². The molecule has 0 bridgehead atoms. The molecule has 396 valence electrons. The molecule has 6 heteroatoms. The van der Waals surface area contributed by atoms with Crippen LogP contribution in [0, 0.1) is 0 Å². The van der Waals surface area contributed by atoms with E-state index in [1.165, 1.54) is 161 Å². The summed E-state index contributed by atoms with van der Waals surface area (Å²) in [5, 5.41) is 23.9. The summed E-state index contributed by atoms with van der Waals surface area (Å²) in [6.07, 6.45) is 69.9. The summed E-state index contributed by atoms with van der Waals surface area (Å²) in [6, 6.07) is -0.711. The number of nitrogens with one attached hydrogen (secondary N) is 1. The van der Waals surface area contributed by atoms with E-state index >= 15 is 0 Å². The fraction of sp³-hybridized carbons (Fsp3) is 0.806. The minimum Gasteiger partial charge on any atom is -0.462 e. The normalized spacial score (nSPS) is 13.5. The maximum atomic E-state index is 13.3. The van der Waals surface area contributed by atoms with Gasteiger partial charge in [0.15, 0.2) is 0 Å². The summed E-state index contributed by atoms with van der Waals surface area (Å²) < 4.78 is 5.96. The molecule has 0 fully saturated rings. The number of rotatable bonds is 53. The van der Waals surface area contributed by atoms with Crippen molar-refractivity contribution < 1.29 is 24.5 Å². The lowest BCUT2D eigenvalue weighted by Crippen LogP contribution is -2.46. The number of amides is 1. The van der Waals surface area contributed by atoms with Crippen molar-refractivity contribution in [3.63, 3.8) is 0 Å². The number of esters is 1. The first kappa shape index (κ1) is 65.6. The van der Waals surface area contributed by atoms with Gasteiger partial charge in [-0.05, 0) is 96.3 Å². The highest BCUT2D eigenvalue weighted by molar-refractivity contribution is 5.77. The first-order chi connectivity index (χ1) is 33.5. The Labute approximate surface area is 422 Å². The minimum atomic E-state index is -0.796. The van der Waals surface area contributed by atoms with Crippen LogP contribution in [0.15, 0.2) is 60.8 Å². The molecule has 0 heterocycles. The van der Waals surface area contributed by atoms with E-state index < -0.39 is 18.2 Å². The number of carbonyl (C=O) groups is 2. The van der Waals surface area contributed by atoms with E-state index in [0.717, 1.165) is 89.9 Å². The van der Waals surface area contributed by atoms with E-state index in [1.807, 2.05) is 0 Å². The second kappa shape index (κ2) is 55.5. The van der Waals surface area contributed by atoms with Gasteiger partial charge in [0.05, 0.1) is 25.2 Å². The summed E-state index contributed by atoms with van der Waals surface area (Å²) in [5.41, 5.74) is 0. The van der Waals surface area contributed by atoms with Gasteiger partial charge in [0, 0.05) is 6.42 Å². The first-order valence-electron chi connectivity index (χ1n) is 29.5. The van der Waals surface area contributed by atoms with Crippen molar-refractivity contribution in [1.82, 2.24) is 5.32 Å². The lowest BCUT2D eigenvalue weighted by atomic mass is 10.0. The van der Waals surface area contributed by atoms with E-state index in [2.05, 4.69) is 86.8 Å². The fourth-order valence-electron chi connectivity index (χ4n) is 8.82. The SMILES string of the molecule is CCCCC/C=C\C/C=C\C/C=C\CCCCCCCCC(=O)OC(CCCCCCC/C=C\C/C=C\CCCCC)CC(=O)NC(CO)C(O)CCCCCCCCCCCCCCCCC. The molecule has 0 radical (unpaired) electrons. The van der Waals surface area contributed by atoms with Crippen LogP contribution < -0.4 is 5.32 Å². The second-order valence-corrected chi connectivity index (χ2v) is 20.0. The smallest absolute Gasteiger partial charge is 0.306 e. The van der Waals surface area contributed by atoms with E-state index in [1.54, 1.807) is 0 Å². The van der Waals surface area contributed by atoms with Crippen molar-refractivity contribution in [3.8, 4) is 0 Å². The highest BCUT2D eigenvalue weighted by Gasteiger charge is 2.24. The second-order valence-electron chi connectivity index (χ2n) is 20.0. The van der Waals surface area contributed by atoms with Crippen LogP contribution in [-0.4, -0.2) is 46.9 Å². The number of hydrogen-bond donors (Lipinski definition) is 3. The predicted molar refractivity (Wildman–Crippen MR) is 296 cm³/mol. The Morgan fingerprint density at radius 3 is 1.16 bits per heavy atom. The zero-order valence-corrected chi connectivity index (χ0v) is 45.2. The molecule has 1 amide bonds. The first-order valence-corrected chi connectivity index (χ1v) is 29.5. The van der Waals surface area contributed by atoms with Crippen LogP contribution in [0.1, 0.15) is 297 Å². The Morgan fingerprint density at radius 2 is 0.750 bits per heavy atom. The van der Waals surface area contributed by atoms with E-state index in [4.69, 9.17) is 4.74 Å². The summed E-state index contributed by atoms with van der Waals surface area (Å²) in [7, 11) is 0. The number of carbonyl (C=O) groups excluding carboxylic acids is 2. The Balaban J connectivity index is 4.58. The monoisotopic (exact) mass is 952 g/mol. The zero-order chi connectivity index (χ0) is 49.5. The molecule has 0 aliphatic carbocycles. The topological polar surface area (TPSA) is 95.9 Å². The number of aliphatic hydroxyl groups is 2. The summed E-state index contributed by atoms with van der Waals surface area (Å²) >= 11 is 0. The molecule has 3 unspecified atom stereocenters. The van der Waals surface area contributed by atoms with Crippen LogP contribution in [0.5, 0.6) is 0 Å². The standard InChI is InChI=1S/C62H113NO5/c1-4-7-10-13-16-19-22-25-28-29-30-31-34-37-40-43-46-49-52-55-62(67)68-58(53-50-47-44-41-38-35-32-26-23-20-17-14-11-8-5-2)56-61(66)63-59(57-64)60(65)54-51-48-45-42-39-36-33-27-24-21-18-15-12-9-6-3/h16-17,19-20,25-26,28,30-32,58-60,64-65H,4-15,18,21-24,27,29,33-57H2,1-3H3,(H,63,66)/b19-16-,20-17-,28-25-,31-30-,32-26-. The number of aliphatic hydroxyl groups excluding tert-OH is 2. The molecule has 0 rings (SSSR count).